The van der Waals surface area contributed by atoms with Gasteiger partial charge >= 0.3 is 0 Å². The normalized spacial score (nSPS) is 11.5. The van der Waals surface area contributed by atoms with Crippen molar-refractivity contribution in [1.82, 2.24) is 4.98 Å². The molecule has 0 fully saturated rings. The fourth-order valence-electron chi connectivity index (χ4n) is 1.76. The molecular weight excluding hydrogens is 254 g/mol. The molecule has 0 unspecified atom stereocenters. The number of aromatic nitrogens is 1. The number of nitrogens with two attached hydrogens (primary N) is 1. The Balaban J connectivity index is 2.38. The lowest BCUT2D eigenvalue weighted by Crippen LogP contribution is -2.07. The summed E-state index contributed by atoms with van der Waals surface area (Å²) < 4.78 is 11.0. The fraction of sp³-hybridized carbons (Fsp3) is 0.200. The van der Waals surface area contributed by atoms with Gasteiger partial charge < -0.3 is 15.2 Å². The third-order valence-corrected chi connectivity index (χ3v) is 2.79. The Labute approximate surface area is 117 Å². The summed E-state index contributed by atoms with van der Waals surface area (Å²) in [5, 5.41) is 8.88. The van der Waals surface area contributed by atoms with Gasteiger partial charge in [0.05, 0.1) is 18.7 Å². The van der Waals surface area contributed by atoms with Crippen molar-refractivity contribution < 1.29 is 9.47 Å². The molecule has 5 nitrogen and oxygen atoms in total. The Morgan fingerprint density at radius 3 is 2.75 bits per heavy atom. The highest BCUT2D eigenvalue weighted by Gasteiger charge is 2.13. The van der Waals surface area contributed by atoms with E-state index in [0.717, 1.165) is 5.56 Å². The highest BCUT2D eigenvalue weighted by atomic mass is 16.5. The molecule has 0 aliphatic rings. The number of benzene rings is 1. The molecule has 20 heavy (non-hydrogen) atoms. The SMILES string of the molecule is COc1cc(C#N)ccc1Oc1ncccc1[C@H](C)N. The first kappa shape index (κ1) is 13.8. The van der Waals surface area contributed by atoms with Crippen LogP contribution in [-0.4, -0.2) is 12.1 Å². The first-order valence-electron chi connectivity index (χ1n) is 6.12. The second-order valence-electron chi connectivity index (χ2n) is 4.27. The van der Waals surface area contributed by atoms with Crippen molar-refractivity contribution >= 4 is 0 Å². The molecule has 1 heterocycles. The van der Waals surface area contributed by atoms with Crippen LogP contribution in [0.4, 0.5) is 0 Å². The van der Waals surface area contributed by atoms with Crippen LogP contribution in [0.15, 0.2) is 36.5 Å². The summed E-state index contributed by atoms with van der Waals surface area (Å²) in [5.41, 5.74) is 7.20. The van der Waals surface area contributed by atoms with E-state index in [1.54, 1.807) is 24.4 Å². The molecule has 2 aromatic rings. The standard InChI is InChI=1S/C15H15N3O2/c1-10(17)12-4-3-7-18-15(12)20-13-6-5-11(9-16)8-14(13)19-2/h3-8,10H,17H2,1-2H3/t10-/m0/s1. The monoisotopic (exact) mass is 269 g/mol. The zero-order valence-corrected chi connectivity index (χ0v) is 11.3. The van der Waals surface area contributed by atoms with Crippen LogP contribution >= 0.6 is 0 Å². The van der Waals surface area contributed by atoms with Crippen LogP contribution in [0.2, 0.25) is 0 Å². The number of pyridine rings is 1. The van der Waals surface area contributed by atoms with Gasteiger partial charge in [-0.25, -0.2) is 4.98 Å². The molecule has 5 heteroatoms. The summed E-state index contributed by atoms with van der Waals surface area (Å²) in [7, 11) is 1.52. The molecule has 0 saturated heterocycles. The quantitative estimate of drug-likeness (QED) is 0.923. The number of methoxy groups -OCH3 is 1. The third kappa shape index (κ3) is 2.87. The smallest absolute Gasteiger partial charge is 0.224 e. The van der Waals surface area contributed by atoms with Gasteiger partial charge in [-0.15, -0.1) is 0 Å². The minimum Gasteiger partial charge on any atom is -0.493 e. The first-order chi connectivity index (χ1) is 9.65. The van der Waals surface area contributed by atoms with E-state index in [0.29, 0.717) is 22.9 Å². The maximum atomic E-state index is 8.88. The van der Waals surface area contributed by atoms with Crippen LogP contribution in [0.5, 0.6) is 17.4 Å². The summed E-state index contributed by atoms with van der Waals surface area (Å²) in [6.07, 6.45) is 1.64. The summed E-state index contributed by atoms with van der Waals surface area (Å²) in [4.78, 5) is 4.19. The van der Waals surface area contributed by atoms with Crippen molar-refractivity contribution in [2.75, 3.05) is 7.11 Å². The molecule has 0 spiro atoms. The highest BCUT2D eigenvalue weighted by molar-refractivity contribution is 5.48. The minimum atomic E-state index is -0.192. The molecule has 0 radical (unpaired) electrons. The fourth-order valence-corrected chi connectivity index (χ4v) is 1.76. The van der Waals surface area contributed by atoms with Crippen molar-refractivity contribution in [3.8, 4) is 23.4 Å². The molecule has 0 saturated carbocycles. The van der Waals surface area contributed by atoms with E-state index in [1.807, 2.05) is 19.1 Å². The lowest BCUT2D eigenvalue weighted by Gasteiger charge is -2.14. The van der Waals surface area contributed by atoms with E-state index < -0.39 is 0 Å². The largest absolute Gasteiger partial charge is 0.493 e. The van der Waals surface area contributed by atoms with Crippen LogP contribution in [-0.2, 0) is 0 Å². The molecule has 1 atom stereocenters. The molecule has 102 valence electrons. The molecule has 2 N–H and O–H groups in total. The van der Waals surface area contributed by atoms with Crippen LogP contribution in [0, 0.1) is 11.3 Å². The van der Waals surface area contributed by atoms with Gasteiger partial charge in [0.2, 0.25) is 5.88 Å². The maximum Gasteiger partial charge on any atom is 0.224 e. The number of rotatable bonds is 4. The Hall–Kier alpha value is -2.58. The predicted molar refractivity (Wildman–Crippen MR) is 74.6 cm³/mol. The average molecular weight is 269 g/mol. The number of hydrogen-bond donors (Lipinski definition) is 1. The van der Waals surface area contributed by atoms with Crippen LogP contribution in [0.1, 0.15) is 24.1 Å². The summed E-state index contributed by atoms with van der Waals surface area (Å²) in [6, 6.07) is 10.5. The molecule has 0 aliphatic carbocycles. The second kappa shape index (κ2) is 6.04. The number of hydrogen-bond acceptors (Lipinski definition) is 5. The number of nitriles is 1. The van der Waals surface area contributed by atoms with E-state index in [4.69, 9.17) is 20.5 Å². The van der Waals surface area contributed by atoms with Gasteiger partial charge in [-0.1, -0.05) is 6.07 Å². The van der Waals surface area contributed by atoms with Gasteiger partial charge in [-0.3, -0.25) is 0 Å². The molecule has 2 rings (SSSR count). The Morgan fingerprint density at radius 2 is 2.10 bits per heavy atom. The summed E-state index contributed by atoms with van der Waals surface area (Å²) in [5.74, 6) is 1.41. The first-order valence-corrected chi connectivity index (χ1v) is 6.12. The zero-order chi connectivity index (χ0) is 14.5. The Kier molecular flexibility index (Phi) is 4.18. The molecule has 0 aliphatic heterocycles. The molecule has 0 bridgehead atoms. The van der Waals surface area contributed by atoms with Crippen molar-refractivity contribution in [3.05, 3.63) is 47.7 Å². The van der Waals surface area contributed by atoms with Gasteiger partial charge in [0.25, 0.3) is 0 Å². The average Bonchev–Trinajstić information content (AvgIpc) is 2.48. The molecule has 0 amide bonds. The van der Waals surface area contributed by atoms with E-state index in [9.17, 15) is 0 Å². The zero-order valence-electron chi connectivity index (χ0n) is 11.3. The van der Waals surface area contributed by atoms with E-state index in [1.165, 1.54) is 7.11 Å². The Bertz CT molecular complexity index is 648. The van der Waals surface area contributed by atoms with Crippen LogP contribution in [0.25, 0.3) is 0 Å². The molecular formula is C15H15N3O2. The number of nitrogens with zero attached hydrogens (tertiary/aromatic N) is 2. The summed E-state index contributed by atoms with van der Waals surface area (Å²) in [6.45, 7) is 1.86. The van der Waals surface area contributed by atoms with Gasteiger partial charge in [0, 0.05) is 23.9 Å². The topological polar surface area (TPSA) is 81.2 Å². The third-order valence-electron chi connectivity index (χ3n) is 2.79. The lowest BCUT2D eigenvalue weighted by molar-refractivity contribution is 0.371. The van der Waals surface area contributed by atoms with Gasteiger partial charge in [-0.05, 0) is 25.1 Å². The van der Waals surface area contributed by atoms with E-state index in [2.05, 4.69) is 11.1 Å². The molecule has 1 aromatic heterocycles. The van der Waals surface area contributed by atoms with Crippen LogP contribution in [0.3, 0.4) is 0 Å². The van der Waals surface area contributed by atoms with Crippen molar-refractivity contribution in [2.24, 2.45) is 5.73 Å². The Morgan fingerprint density at radius 1 is 1.30 bits per heavy atom. The van der Waals surface area contributed by atoms with Crippen molar-refractivity contribution in [1.29, 1.82) is 5.26 Å². The van der Waals surface area contributed by atoms with Gasteiger partial charge in [0.1, 0.15) is 0 Å². The van der Waals surface area contributed by atoms with Crippen molar-refractivity contribution in [2.45, 2.75) is 13.0 Å². The summed E-state index contributed by atoms with van der Waals surface area (Å²) >= 11 is 0. The van der Waals surface area contributed by atoms with Crippen LogP contribution < -0.4 is 15.2 Å². The second-order valence-corrected chi connectivity index (χ2v) is 4.27. The number of ether oxygens (including phenoxy) is 2. The van der Waals surface area contributed by atoms with Crippen molar-refractivity contribution in [3.63, 3.8) is 0 Å². The van der Waals surface area contributed by atoms with Gasteiger partial charge in [0.15, 0.2) is 11.5 Å². The maximum absolute atomic E-state index is 8.88. The van der Waals surface area contributed by atoms with E-state index in [-0.39, 0.29) is 6.04 Å². The highest BCUT2D eigenvalue weighted by Crippen LogP contribution is 2.33. The van der Waals surface area contributed by atoms with Gasteiger partial charge in [-0.2, -0.15) is 5.26 Å². The van der Waals surface area contributed by atoms with E-state index >= 15 is 0 Å². The molecule has 1 aromatic carbocycles. The predicted octanol–water partition coefficient (Wildman–Crippen LogP) is 2.77. The minimum absolute atomic E-state index is 0.192. The lowest BCUT2D eigenvalue weighted by atomic mass is 10.1.